The molecule has 610 valence electrons. The molecule has 1 amide bonds. The summed E-state index contributed by atoms with van der Waals surface area (Å²) in [6.07, 6.45) is -6.73. The zero-order valence-electron chi connectivity index (χ0n) is 61.4. The van der Waals surface area contributed by atoms with Crippen LogP contribution in [0.2, 0.25) is 0 Å². The predicted molar refractivity (Wildman–Crippen MR) is 375 cm³/mol. The van der Waals surface area contributed by atoms with E-state index < -0.39 is 174 Å². The molecule has 4 aliphatic heterocycles. The molecular formula is C68H102N12O29Zn. The third kappa shape index (κ3) is 23.9. The Labute approximate surface area is 644 Å². The van der Waals surface area contributed by atoms with Crippen LogP contribution in [-0.2, 0) is 104 Å². The van der Waals surface area contributed by atoms with Crippen LogP contribution in [0.5, 0.6) is 0 Å². The number of carbonyl (C=O) groups excluding carboxylic acids is 4. The molecule has 2 bridgehead atoms. The third-order valence-electron chi connectivity index (χ3n) is 19.5. The van der Waals surface area contributed by atoms with Gasteiger partial charge in [0, 0.05) is 93.6 Å². The van der Waals surface area contributed by atoms with Crippen LogP contribution in [0.1, 0.15) is 70.9 Å². The number of likely N-dealkylation sites (N-methyl/N-ethyl adjacent to an activating group) is 2. The van der Waals surface area contributed by atoms with E-state index in [1.807, 2.05) is 12.2 Å². The van der Waals surface area contributed by atoms with Crippen LogP contribution in [0.3, 0.4) is 0 Å². The number of hydrogen-bond donors (Lipinski definition) is 18. The fourth-order valence-electron chi connectivity index (χ4n) is 14.1. The maximum Gasteiger partial charge on any atom is 0.509 e. The summed E-state index contributed by atoms with van der Waals surface area (Å²) in [5.74, 6) is -2.10. The van der Waals surface area contributed by atoms with E-state index >= 15 is 0 Å². The Kier molecular flexibility index (Phi) is 34.1. The van der Waals surface area contributed by atoms with Crippen molar-refractivity contribution in [3.63, 3.8) is 0 Å². The second-order valence-electron chi connectivity index (χ2n) is 28.1. The Bertz CT molecular complexity index is 3480. The second kappa shape index (κ2) is 40.9. The Morgan fingerprint density at radius 2 is 0.918 bits per heavy atom. The number of carbonyl (C=O) groups is 6. The van der Waals surface area contributed by atoms with E-state index in [-0.39, 0.29) is 112 Å². The van der Waals surface area contributed by atoms with Gasteiger partial charge in [0.05, 0.1) is 60.3 Å². The minimum Gasteiger partial charge on any atom is -0.481 e. The number of benzene rings is 2. The molecule has 2 aromatic carbocycles. The van der Waals surface area contributed by atoms with Crippen LogP contribution in [0.25, 0.3) is 0 Å². The van der Waals surface area contributed by atoms with Gasteiger partial charge >= 0.3 is 12.2 Å². The molecule has 0 aromatic heterocycles. The van der Waals surface area contributed by atoms with E-state index in [9.17, 15) is 70.0 Å². The number of alkyl carbamates (subject to hydrolysis) is 1. The zero-order valence-corrected chi connectivity index (χ0v) is 64.4. The molecule has 4 unspecified atom stereocenters. The average molecular weight is 1620 g/mol. The topological polar surface area (TPSA) is 670 Å². The van der Waals surface area contributed by atoms with Crippen molar-refractivity contribution in [1.82, 2.24) is 16.0 Å². The molecule has 110 heavy (non-hydrogen) atoms. The van der Waals surface area contributed by atoms with Gasteiger partial charge in [-0.2, -0.15) is 0 Å². The van der Waals surface area contributed by atoms with Gasteiger partial charge in [-0.25, -0.2) is 9.59 Å². The van der Waals surface area contributed by atoms with Crippen LogP contribution in [-0.4, -0.2) is 266 Å². The number of nitro benzene ring substituents is 2. The van der Waals surface area contributed by atoms with Gasteiger partial charge in [0.1, 0.15) is 84.8 Å². The minimum atomic E-state index is -1.39. The quantitative estimate of drug-likeness (QED) is 0.0153. The number of nitro groups is 2. The predicted octanol–water partition coefficient (Wildman–Crippen LogP) is -3.44. The third-order valence-corrected chi connectivity index (χ3v) is 19.5. The van der Waals surface area contributed by atoms with Gasteiger partial charge < -0.3 is 149 Å². The number of aliphatic hydroxyl groups excluding tert-OH is 4. The van der Waals surface area contributed by atoms with Crippen LogP contribution >= 0.6 is 0 Å². The standard InChI is InChI=1S/C27H42N6O11.C19H37N5O7.C18H15NO7.2C2H4O2.Zn/c1-27(37)12-41-25(20(35)23(27)31-2)44-22-18(30)9-17(29)21(19(22)34)43-24-16(28)8-7-15(42-24)10-32-26(36)40-11-13-3-5-14(6-4-13)33(38)39;1-19(27)7-28-18(13(26)16(19)24-2)31-15-11(23)5-10(22)14(12(15)25)30-17-9(21)4-3-8(6-20)29-17;20-15-13-10-3-4-11(7-10)14(13)16(21)17(15)26-18(22)25-8-9-1-5-12(6-2-9)19(23)24;2*1-2(3)4;/h3-7,16-25,31,34-35,37H,8-12,28-30H2,1-2H3,(H,32,36);3,9-18,24-27H,4-7,20-23H2,1-2H3;1-6,10-11,13-14,17H,7-8H2;2*1H3,(H,3,4);/t16-,17+,18-,19+,20-,21-,22+,23-,24-,25-,27+;9-,10+,11-,12+,13-,14-,15+,16-,17-,18-,19+;;;;/m11..../s1. The number of nitrogens with one attached hydrogen (secondary N) is 3. The van der Waals surface area contributed by atoms with Gasteiger partial charge in [-0.15, -0.1) is 0 Å². The van der Waals surface area contributed by atoms with Crippen LogP contribution in [0, 0.1) is 43.9 Å². The molecule has 5 aliphatic carbocycles. The SMILES string of the molecule is CC(=O)O.CC(=O)O.CN[C@@H]1[C@@H](O)[C@@H](O[C@@H]2[C@@H](O)[C@H](O[C@H]3OC(CN)=CC[C@H]3N)[C@@H](N)C[C@H]2N)OC[C@]1(C)O.CN[C@@H]1[C@@H](O)[C@@H](O[C@@H]2[C@@H](O)[C@H](O[C@H]3OC(CNC(=O)OCc4ccc([N+](=O)[O-])cc4)=CC[C@H]3N)[C@@H](N)C[C@H]2N)OC[C@]1(C)O.O=C(OCc1ccc([N+](=O)[O-])cc1)OC1C(=O)C2C3C=CC(C3)C2C1=O.[Zn]. The van der Waals surface area contributed by atoms with Gasteiger partial charge in [-0.1, -0.05) is 12.2 Å². The number of nitrogens with zero attached hydrogens (tertiary/aromatic N) is 2. The summed E-state index contributed by atoms with van der Waals surface area (Å²) in [4.78, 5) is 87.3. The molecule has 25 N–H and O–H groups in total. The van der Waals surface area contributed by atoms with Crippen molar-refractivity contribution >= 4 is 47.1 Å². The number of rotatable bonds is 20. The number of Topliss-reactive ketones (excluding diaryl/α,β-unsaturated/α-hetero) is 2. The molecule has 41 nitrogen and oxygen atoms in total. The summed E-state index contributed by atoms with van der Waals surface area (Å²) in [6.45, 7) is 4.92. The minimum absolute atomic E-state index is 0. The summed E-state index contributed by atoms with van der Waals surface area (Å²) < 4.78 is 61.6. The number of hydrogen-bond acceptors (Lipinski definition) is 36. The van der Waals surface area contributed by atoms with Crippen LogP contribution in [0.4, 0.5) is 21.0 Å². The maximum absolute atomic E-state index is 12.4. The summed E-state index contributed by atoms with van der Waals surface area (Å²) in [5.41, 5.74) is 41.2. The van der Waals surface area contributed by atoms with Crippen LogP contribution in [0.15, 0.2) is 84.4 Å². The largest absolute Gasteiger partial charge is 0.509 e. The first kappa shape index (κ1) is 91.5. The van der Waals surface area contributed by atoms with E-state index in [0.717, 1.165) is 20.3 Å². The number of non-ortho nitro benzene ring substituents is 2. The number of carboxylic acid groups (broad SMARTS) is 2. The van der Waals surface area contributed by atoms with Crippen molar-refractivity contribution in [2.75, 3.05) is 40.4 Å². The summed E-state index contributed by atoms with van der Waals surface area (Å²) in [7, 11) is 3.21. The number of aliphatic carboxylic acids is 2. The zero-order chi connectivity index (χ0) is 80.7. The molecule has 11 rings (SSSR count). The summed E-state index contributed by atoms with van der Waals surface area (Å²) in [5, 5.41) is 109. The molecule has 0 radical (unpaired) electrons. The number of fused-ring (bicyclic) bond motifs is 5. The van der Waals surface area contributed by atoms with E-state index in [4.69, 9.17) is 112 Å². The fourth-order valence-corrected chi connectivity index (χ4v) is 14.1. The van der Waals surface area contributed by atoms with E-state index in [2.05, 4.69) is 16.0 Å². The normalized spacial score (nSPS) is 36.5. The van der Waals surface area contributed by atoms with Gasteiger partial charge in [0.15, 0.2) is 24.1 Å². The second-order valence-corrected chi connectivity index (χ2v) is 28.1. The smallest absolute Gasteiger partial charge is 0.481 e. The first-order chi connectivity index (χ1) is 51.3. The molecule has 42 heteroatoms. The molecule has 9 aliphatic rings. The van der Waals surface area contributed by atoms with E-state index in [1.165, 1.54) is 55.5 Å². The fraction of sp³-hybridized carbons (Fsp3) is 0.647. The van der Waals surface area contributed by atoms with E-state index in [0.29, 0.717) is 41.9 Å². The number of allylic oxidation sites excluding steroid dienone is 2. The first-order valence-electron chi connectivity index (χ1n) is 35.0. The number of aliphatic hydroxyl groups is 6. The van der Waals surface area contributed by atoms with Crippen molar-refractivity contribution in [1.29, 1.82) is 0 Å². The Morgan fingerprint density at radius 3 is 1.28 bits per heavy atom. The summed E-state index contributed by atoms with van der Waals surface area (Å²) in [6, 6.07) is 5.91. The van der Waals surface area contributed by atoms with Crippen molar-refractivity contribution < 1.29 is 151 Å². The monoisotopic (exact) mass is 1610 g/mol. The average Bonchev–Trinajstić information content (AvgIpc) is 1.57. The Morgan fingerprint density at radius 1 is 0.564 bits per heavy atom. The Hall–Kier alpha value is -7.34. The molecular weight excluding hydrogens is 1510 g/mol. The van der Waals surface area contributed by atoms with Crippen molar-refractivity contribution in [2.45, 2.75) is 213 Å². The molecule has 0 spiro atoms. The van der Waals surface area contributed by atoms with Gasteiger partial charge in [0.2, 0.25) is 18.7 Å². The first-order valence-corrected chi connectivity index (χ1v) is 35.0. The van der Waals surface area contributed by atoms with Crippen molar-refractivity contribution in [3.05, 3.63) is 116 Å². The molecule has 26 atom stereocenters. The number of amides is 1. The van der Waals surface area contributed by atoms with Gasteiger partial charge in [-0.3, -0.25) is 39.4 Å². The molecule has 6 fully saturated rings. The van der Waals surface area contributed by atoms with Crippen LogP contribution < -0.4 is 56.1 Å². The van der Waals surface area contributed by atoms with Crippen molar-refractivity contribution in [2.24, 2.45) is 63.8 Å². The molecule has 2 saturated heterocycles. The van der Waals surface area contributed by atoms with Gasteiger partial charge in [-0.05, 0) is 119 Å². The Balaban J connectivity index is 0.000000252. The maximum atomic E-state index is 12.4. The van der Waals surface area contributed by atoms with Crippen molar-refractivity contribution in [3.8, 4) is 0 Å². The molecule has 2 aromatic rings. The van der Waals surface area contributed by atoms with Gasteiger partial charge in [0.25, 0.3) is 23.3 Å². The molecule has 4 saturated carbocycles. The number of ketones is 2. The number of carboxylic acids is 2. The number of ether oxygens (including phenoxy) is 11. The van der Waals surface area contributed by atoms with E-state index in [1.54, 1.807) is 33.2 Å². The molecule has 4 heterocycles. The summed E-state index contributed by atoms with van der Waals surface area (Å²) >= 11 is 0. The number of nitrogens with two attached hydrogens (primary N) is 7.